The third-order valence-corrected chi connectivity index (χ3v) is 3.64. The maximum absolute atomic E-state index is 13.4. The van der Waals surface area contributed by atoms with Gasteiger partial charge in [0, 0.05) is 18.7 Å². The van der Waals surface area contributed by atoms with Crippen LogP contribution in [0.2, 0.25) is 0 Å². The van der Waals surface area contributed by atoms with Crippen molar-refractivity contribution in [3.63, 3.8) is 0 Å². The highest BCUT2D eigenvalue weighted by Gasteiger charge is 2.30. The molecule has 0 heterocycles. The van der Waals surface area contributed by atoms with Crippen LogP contribution in [0.3, 0.4) is 0 Å². The normalized spacial score (nSPS) is 19.6. The van der Waals surface area contributed by atoms with Gasteiger partial charge in [0.05, 0.1) is 11.7 Å². The third-order valence-electron chi connectivity index (χ3n) is 3.64. The minimum Gasteiger partial charge on any atom is -0.389 e. The second-order valence-electron chi connectivity index (χ2n) is 5.24. The summed E-state index contributed by atoms with van der Waals surface area (Å²) in [5.41, 5.74) is -0.786. The molecule has 0 aliphatic heterocycles. The molecular weight excluding hydrogens is 252 g/mol. The van der Waals surface area contributed by atoms with Crippen LogP contribution in [0.5, 0.6) is 0 Å². The Hall–Kier alpha value is -1.04. The van der Waals surface area contributed by atoms with Gasteiger partial charge in [-0.3, -0.25) is 0 Å². The number of nitrogens with one attached hydrogen (secondary N) is 1. The lowest BCUT2D eigenvalue weighted by Crippen LogP contribution is -2.39. The molecular formula is C14H19F2NO2. The van der Waals surface area contributed by atoms with Crippen molar-refractivity contribution < 1.29 is 19.0 Å². The number of hydrogen-bond donors (Lipinski definition) is 3. The van der Waals surface area contributed by atoms with E-state index < -0.39 is 23.3 Å². The van der Waals surface area contributed by atoms with Crippen molar-refractivity contribution in [1.82, 2.24) is 5.32 Å². The fourth-order valence-electron chi connectivity index (χ4n) is 2.53. The largest absolute Gasteiger partial charge is 0.389 e. The summed E-state index contributed by atoms with van der Waals surface area (Å²) in [5, 5.41) is 22.9. The lowest BCUT2D eigenvalue weighted by molar-refractivity contribution is 0.0437. The fraction of sp³-hybridized carbons (Fsp3) is 0.571. The van der Waals surface area contributed by atoms with Crippen LogP contribution in [0.1, 0.15) is 37.4 Å². The molecule has 1 aliphatic rings. The van der Waals surface area contributed by atoms with Crippen LogP contribution in [-0.2, 0) is 0 Å². The van der Waals surface area contributed by atoms with E-state index in [1.165, 1.54) is 0 Å². The molecule has 0 amide bonds. The molecule has 2 rings (SSSR count). The minimum absolute atomic E-state index is 0.0640. The molecule has 0 aromatic heterocycles. The van der Waals surface area contributed by atoms with Gasteiger partial charge in [0.2, 0.25) is 0 Å². The lowest BCUT2D eigenvalue weighted by atomic mass is 10.0. The standard InChI is InChI=1S/C14H19F2NO2/c15-10-3-4-12(16)11(7-10)13(18)8-17-9-14(19)5-1-2-6-14/h3-4,7,13,17-19H,1-2,5-6,8-9H2. The van der Waals surface area contributed by atoms with Crippen LogP contribution in [0.25, 0.3) is 0 Å². The summed E-state index contributed by atoms with van der Waals surface area (Å²) in [7, 11) is 0. The Balaban J connectivity index is 1.87. The fourth-order valence-corrected chi connectivity index (χ4v) is 2.53. The number of halogens is 2. The highest BCUT2D eigenvalue weighted by Crippen LogP contribution is 2.28. The van der Waals surface area contributed by atoms with Crippen molar-refractivity contribution in [2.24, 2.45) is 0 Å². The highest BCUT2D eigenvalue weighted by atomic mass is 19.1. The van der Waals surface area contributed by atoms with Crippen molar-refractivity contribution in [3.8, 4) is 0 Å². The van der Waals surface area contributed by atoms with Gasteiger partial charge in [-0.1, -0.05) is 12.8 Å². The second kappa shape index (κ2) is 5.94. The van der Waals surface area contributed by atoms with E-state index in [1.54, 1.807) is 0 Å². The maximum atomic E-state index is 13.4. The predicted octanol–water partition coefficient (Wildman–Crippen LogP) is 1.89. The molecule has 19 heavy (non-hydrogen) atoms. The first kappa shape index (κ1) is 14.4. The third kappa shape index (κ3) is 3.72. The SMILES string of the molecule is OC(CNCC1(O)CCCC1)c1cc(F)ccc1F. The maximum Gasteiger partial charge on any atom is 0.129 e. The van der Waals surface area contributed by atoms with Gasteiger partial charge in [-0.2, -0.15) is 0 Å². The summed E-state index contributed by atoms with van der Waals surface area (Å²) < 4.78 is 26.4. The smallest absolute Gasteiger partial charge is 0.129 e. The Morgan fingerprint density at radius 2 is 1.95 bits per heavy atom. The number of rotatable bonds is 5. The summed E-state index contributed by atoms with van der Waals surface area (Å²) in [6.07, 6.45) is 2.36. The number of aliphatic hydroxyl groups excluding tert-OH is 1. The van der Waals surface area contributed by atoms with Crippen molar-refractivity contribution in [1.29, 1.82) is 0 Å². The molecule has 1 aromatic carbocycles. The molecule has 1 unspecified atom stereocenters. The molecule has 1 saturated carbocycles. The molecule has 0 spiro atoms. The van der Waals surface area contributed by atoms with E-state index in [4.69, 9.17) is 0 Å². The van der Waals surface area contributed by atoms with Gasteiger partial charge in [0.1, 0.15) is 11.6 Å². The number of aliphatic hydroxyl groups is 2. The van der Waals surface area contributed by atoms with Gasteiger partial charge < -0.3 is 15.5 Å². The van der Waals surface area contributed by atoms with Crippen molar-refractivity contribution >= 4 is 0 Å². The zero-order chi connectivity index (χ0) is 13.9. The average Bonchev–Trinajstić information content (AvgIpc) is 2.79. The van der Waals surface area contributed by atoms with Crippen molar-refractivity contribution in [2.45, 2.75) is 37.4 Å². The Morgan fingerprint density at radius 1 is 1.26 bits per heavy atom. The zero-order valence-corrected chi connectivity index (χ0v) is 10.7. The van der Waals surface area contributed by atoms with E-state index in [0.717, 1.165) is 43.9 Å². The Morgan fingerprint density at radius 3 is 2.63 bits per heavy atom. The molecule has 3 nitrogen and oxygen atoms in total. The van der Waals surface area contributed by atoms with E-state index in [2.05, 4.69) is 5.32 Å². The van der Waals surface area contributed by atoms with Crippen LogP contribution < -0.4 is 5.32 Å². The van der Waals surface area contributed by atoms with Crippen LogP contribution in [0, 0.1) is 11.6 Å². The van der Waals surface area contributed by atoms with Crippen molar-refractivity contribution in [2.75, 3.05) is 13.1 Å². The van der Waals surface area contributed by atoms with Gasteiger partial charge in [-0.25, -0.2) is 8.78 Å². The molecule has 1 fully saturated rings. The first-order valence-corrected chi connectivity index (χ1v) is 6.56. The summed E-state index contributed by atoms with van der Waals surface area (Å²) in [5.74, 6) is -1.21. The van der Waals surface area contributed by atoms with Gasteiger partial charge in [0.25, 0.3) is 0 Å². The van der Waals surface area contributed by atoms with E-state index in [9.17, 15) is 19.0 Å². The van der Waals surface area contributed by atoms with E-state index in [-0.39, 0.29) is 12.1 Å². The average molecular weight is 271 g/mol. The van der Waals surface area contributed by atoms with E-state index in [1.807, 2.05) is 0 Å². The van der Waals surface area contributed by atoms with Crippen LogP contribution in [0.4, 0.5) is 8.78 Å². The van der Waals surface area contributed by atoms with Crippen LogP contribution in [0.15, 0.2) is 18.2 Å². The molecule has 0 bridgehead atoms. The molecule has 1 aliphatic carbocycles. The predicted molar refractivity (Wildman–Crippen MR) is 67.6 cm³/mol. The lowest BCUT2D eigenvalue weighted by Gasteiger charge is -2.23. The van der Waals surface area contributed by atoms with Crippen LogP contribution in [-0.4, -0.2) is 28.9 Å². The van der Waals surface area contributed by atoms with Gasteiger partial charge in [-0.05, 0) is 31.0 Å². The number of benzene rings is 1. The first-order chi connectivity index (χ1) is 9.00. The number of hydrogen-bond acceptors (Lipinski definition) is 3. The topological polar surface area (TPSA) is 52.5 Å². The molecule has 0 radical (unpaired) electrons. The first-order valence-electron chi connectivity index (χ1n) is 6.56. The van der Waals surface area contributed by atoms with Crippen LogP contribution >= 0.6 is 0 Å². The molecule has 1 atom stereocenters. The summed E-state index contributed by atoms with van der Waals surface area (Å²) in [6.45, 7) is 0.448. The monoisotopic (exact) mass is 271 g/mol. The van der Waals surface area contributed by atoms with Crippen molar-refractivity contribution in [3.05, 3.63) is 35.4 Å². The van der Waals surface area contributed by atoms with E-state index >= 15 is 0 Å². The summed E-state index contributed by atoms with van der Waals surface area (Å²) in [4.78, 5) is 0. The van der Waals surface area contributed by atoms with Gasteiger partial charge in [0.15, 0.2) is 0 Å². The quantitative estimate of drug-likeness (QED) is 0.766. The Kier molecular flexibility index (Phi) is 4.50. The highest BCUT2D eigenvalue weighted by molar-refractivity contribution is 5.21. The molecule has 1 aromatic rings. The Bertz CT molecular complexity index is 433. The summed E-state index contributed by atoms with van der Waals surface area (Å²) in [6, 6.07) is 3.00. The van der Waals surface area contributed by atoms with Gasteiger partial charge >= 0.3 is 0 Å². The molecule has 3 N–H and O–H groups in total. The Labute approximate surface area is 111 Å². The minimum atomic E-state index is -1.12. The van der Waals surface area contributed by atoms with Gasteiger partial charge in [-0.15, -0.1) is 0 Å². The molecule has 5 heteroatoms. The zero-order valence-electron chi connectivity index (χ0n) is 10.7. The molecule has 106 valence electrons. The molecule has 0 saturated heterocycles. The summed E-state index contributed by atoms with van der Waals surface area (Å²) >= 11 is 0. The second-order valence-corrected chi connectivity index (χ2v) is 5.24. The van der Waals surface area contributed by atoms with E-state index in [0.29, 0.717) is 6.54 Å².